The minimum atomic E-state index is -0.185. The average Bonchev–Trinajstić information content (AvgIpc) is 2.78. The maximum absolute atomic E-state index is 14.3. The summed E-state index contributed by atoms with van der Waals surface area (Å²) in [7, 11) is 0. The van der Waals surface area contributed by atoms with Gasteiger partial charge in [-0.15, -0.1) is 0 Å². The number of ether oxygens (including phenoxy) is 1. The highest BCUT2D eigenvalue weighted by Crippen LogP contribution is 2.23. The van der Waals surface area contributed by atoms with Crippen molar-refractivity contribution in [3.63, 3.8) is 0 Å². The summed E-state index contributed by atoms with van der Waals surface area (Å²) in [6.45, 7) is 4.05. The van der Waals surface area contributed by atoms with Gasteiger partial charge in [0.2, 0.25) is 0 Å². The van der Waals surface area contributed by atoms with E-state index < -0.39 is 0 Å². The quantitative estimate of drug-likeness (QED) is 0.804. The highest BCUT2D eigenvalue weighted by Gasteiger charge is 2.18. The molecule has 1 aliphatic carbocycles. The summed E-state index contributed by atoms with van der Waals surface area (Å²) >= 11 is 0. The fraction of sp³-hybridized carbons (Fsp3) is 0.500. The van der Waals surface area contributed by atoms with Crippen LogP contribution >= 0.6 is 0 Å². The van der Waals surface area contributed by atoms with Crippen LogP contribution in [0.1, 0.15) is 53.6 Å². The zero-order chi connectivity index (χ0) is 20.6. The number of halogens is 1. The Bertz CT molecular complexity index is 878. The van der Waals surface area contributed by atoms with Gasteiger partial charge in [0.05, 0.1) is 5.69 Å². The molecule has 0 radical (unpaired) electrons. The van der Waals surface area contributed by atoms with E-state index in [4.69, 9.17) is 9.53 Å². The van der Waals surface area contributed by atoms with Crippen LogP contribution < -0.4 is 10.9 Å². The van der Waals surface area contributed by atoms with E-state index in [-0.39, 0.29) is 11.4 Å². The number of nitrogens with one attached hydrogen (secondary N) is 2. The van der Waals surface area contributed by atoms with Crippen LogP contribution in [0.5, 0.6) is 0 Å². The number of carbonyl (C=O) groups is 1. The molecule has 2 heterocycles. The molecule has 0 saturated carbocycles. The van der Waals surface area contributed by atoms with Crippen molar-refractivity contribution < 1.29 is 13.9 Å². The topological polar surface area (TPSA) is 84.1 Å². The van der Waals surface area contributed by atoms with Gasteiger partial charge in [-0.3, -0.25) is 4.79 Å². The van der Waals surface area contributed by atoms with Gasteiger partial charge in [0.15, 0.2) is 0 Å². The largest absolute Gasteiger partial charge is 0.381 e. The molecule has 1 fully saturated rings. The number of carbonyl (C=O) groups excluding carboxylic acids is 1. The maximum atomic E-state index is 14.3. The molecule has 1 aliphatic heterocycles. The van der Waals surface area contributed by atoms with Gasteiger partial charge in [-0.25, -0.2) is 9.49 Å². The van der Waals surface area contributed by atoms with Crippen LogP contribution in [0.15, 0.2) is 23.0 Å². The standard InChI is InChI=1S/C21H26FN3O2.CH2O/c22-19-6-5-14(11-15(19)13-23-16-7-9-27-10-8-16)12-20-17-3-1-2-4-18(17)21(26)25-24-20;1-2/h5-6,11,16,23H,1-4,7-10,12-13H2,(H,25,26);1H2. The number of H-pyrrole nitrogens is 1. The molecule has 156 valence electrons. The summed E-state index contributed by atoms with van der Waals surface area (Å²) in [5.41, 5.74) is 4.53. The fourth-order valence-electron chi connectivity index (χ4n) is 4.10. The average molecular weight is 401 g/mol. The zero-order valence-corrected chi connectivity index (χ0v) is 16.6. The molecule has 6 nitrogen and oxygen atoms in total. The highest BCUT2D eigenvalue weighted by atomic mass is 19.1. The third-order valence-electron chi connectivity index (χ3n) is 5.67. The predicted octanol–water partition coefficient (Wildman–Crippen LogP) is 2.46. The second kappa shape index (κ2) is 10.4. The molecule has 4 rings (SSSR count). The van der Waals surface area contributed by atoms with Crippen LogP contribution in [0.25, 0.3) is 0 Å². The highest BCUT2D eigenvalue weighted by molar-refractivity contribution is 5.35. The van der Waals surface area contributed by atoms with E-state index in [1.54, 1.807) is 0 Å². The van der Waals surface area contributed by atoms with Gasteiger partial charge in [-0.1, -0.05) is 12.1 Å². The summed E-state index contributed by atoms with van der Waals surface area (Å²) in [6, 6.07) is 5.66. The second-order valence-electron chi connectivity index (χ2n) is 7.53. The Morgan fingerprint density at radius 2 is 1.90 bits per heavy atom. The van der Waals surface area contributed by atoms with Crippen molar-refractivity contribution in [2.75, 3.05) is 13.2 Å². The molecule has 0 unspecified atom stereocenters. The third kappa shape index (κ3) is 5.36. The summed E-state index contributed by atoms with van der Waals surface area (Å²) in [6.07, 6.45) is 6.42. The zero-order valence-electron chi connectivity index (χ0n) is 16.6. The molecule has 1 aromatic heterocycles. The molecule has 2 aliphatic rings. The number of benzene rings is 1. The molecule has 0 bridgehead atoms. The van der Waals surface area contributed by atoms with Crippen molar-refractivity contribution in [2.24, 2.45) is 0 Å². The van der Waals surface area contributed by atoms with E-state index in [0.717, 1.165) is 74.1 Å². The van der Waals surface area contributed by atoms with Crippen molar-refractivity contribution in [3.05, 3.63) is 62.3 Å². The number of hydrogen-bond donors (Lipinski definition) is 2. The lowest BCUT2D eigenvalue weighted by molar-refractivity contribution is -0.0979. The van der Waals surface area contributed by atoms with Crippen LogP contribution in [0.3, 0.4) is 0 Å². The third-order valence-corrected chi connectivity index (χ3v) is 5.67. The monoisotopic (exact) mass is 401 g/mol. The number of hydrogen-bond acceptors (Lipinski definition) is 5. The maximum Gasteiger partial charge on any atom is 0.267 e. The number of rotatable bonds is 5. The molecule has 0 spiro atoms. The summed E-state index contributed by atoms with van der Waals surface area (Å²) in [5, 5.41) is 10.4. The number of aromatic nitrogens is 2. The van der Waals surface area contributed by atoms with Gasteiger partial charge in [0.25, 0.3) is 5.56 Å². The van der Waals surface area contributed by atoms with Crippen LogP contribution in [0.4, 0.5) is 4.39 Å². The summed E-state index contributed by atoms with van der Waals surface area (Å²) in [5.74, 6) is -0.185. The SMILES string of the molecule is C=O.O=c1[nH]nc(Cc2ccc(F)c(CNC3CCOCC3)c2)c2c1CCCC2. The van der Waals surface area contributed by atoms with Gasteiger partial charge in [-0.05, 0) is 55.7 Å². The van der Waals surface area contributed by atoms with Crippen LogP contribution in [-0.4, -0.2) is 36.2 Å². The first-order valence-corrected chi connectivity index (χ1v) is 10.2. The van der Waals surface area contributed by atoms with Crippen molar-refractivity contribution in [1.29, 1.82) is 0 Å². The number of aromatic amines is 1. The Kier molecular flexibility index (Phi) is 7.66. The molecule has 29 heavy (non-hydrogen) atoms. The van der Waals surface area contributed by atoms with Crippen molar-refractivity contribution in [2.45, 2.75) is 57.5 Å². The van der Waals surface area contributed by atoms with Gasteiger partial charge >= 0.3 is 0 Å². The lowest BCUT2D eigenvalue weighted by Gasteiger charge is -2.23. The molecule has 2 N–H and O–H groups in total. The van der Waals surface area contributed by atoms with Crippen LogP contribution in [0, 0.1) is 5.82 Å². The first kappa shape index (κ1) is 21.3. The van der Waals surface area contributed by atoms with E-state index in [2.05, 4.69) is 15.5 Å². The van der Waals surface area contributed by atoms with E-state index >= 15 is 0 Å². The molecular weight excluding hydrogens is 373 g/mol. The Morgan fingerprint density at radius 1 is 1.17 bits per heavy atom. The van der Waals surface area contributed by atoms with Gasteiger partial charge in [-0.2, -0.15) is 5.10 Å². The van der Waals surface area contributed by atoms with E-state index in [1.165, 1.54) is 6.07 Å². The summed E-state index contributed by atoms with van der Waals surface area (Å²) < 4.78 is 19.6. The normalized spacial score (nSPS) is 16.6. The van der Waals surface area contributed by atoms with Crippen molar-refractivity contribution in [1.82, 2.24) is 15.5 Å². The molecule has 1 aromatic carbocycles. The number of nitrogens with zero attached hydrogens (tertiary/aromatic N) is 1. The van der Waals surface area contributed by atoms with Crippen LogP contribution in [-0.2, 0) is 35.3 Å². The Labute approximate surface area is 169 Å². The van der Waals surface area contributed by atoms with E-state index in [9.17, 15) is 9.18 Å². The van der Waals surface area contributed by atoms with Crippen molar-refractivity contribution >= 4 is 6.79 Å². The minimum absolute atomic E-state index is 0.0612. The van der Waals surface area contributed by atoms with Gasteiger partial charge in [0.1, 0.15) is 12.6 Å². The Morgan fingerprint density at radius 3 is 2.66 bits per heavy atom. The smallest absolute Gasteiger partial charge is 0.267 e. The van der Waals surface area contributed by atoms with E-state index in [1.807, 2.05) is 18.9 Å². The van der Waals surface area contributed by atoms with Crippen molar-refractivity contribution in [3.8, 4) is 0 Å². The molecule has 7 heteroatoms. The van der Waals surface area contributed by atoms with Crippen LogP contribution in [0.2, 0.25) is 0 Å². The first-order valence-electron chi connectivity index (χ1n) is 10.2. The molecule has 1 saturated heterocycles. The molecular formula is C22H28FN3O3. The van der Waals surface area contributed by atoms with E-state index in [0.29, 0.717) is 24.6 Å². The first-order chi connectivity index (χ1) is 14.2. The van der Waals surface area contributed by atoms with Gasteiger partial charge < -0.3 is 14.8 Å². The number of fused-ring (bicyclic) bond motifs is 1. The molecule has 0 atom stereocenters. The summed E-state index contributed by atoms with van der Waals surface area (Å²) in [4.78, 5) is 20.0. The van der Waals surface area contributed by atoms with Gasteiger partial charge in [0, 0.05) is 43.3 Å². The lowest BCUT2D eigenvalue weighted by Crippen LogP contribution is -2.34. The Balaban J connectivity index is 0.00000117. The fourth-order valence-corrected chi connectivity index (χ4v) is 4.10. The second-order valence-corrected chi connectivity index (χ2v) is 7.53. The minimum Gasteiger partial charge on any atom is -0.381 e. The lowest BCUT2D eigenvalue weighted by atomic mass is 9.90. The molecule has 2 aromatic rings. The Hall–Kier alpha value is -2.38. The predicted molar refractivity (Wildman–Crippen MR) is 109 cm³/mol. The molecule has 0 amide bonds.